The lowest BCUT2D eigenvalue weighted by molar-refractivity contribution is -0.141. The van der Waals surface area contributed by atoms with Crippen LogP contribution in [0.3, 0.4) is 0 Å². The van der Waals surface area contributed by atoms with E-state index in [-0.39, 0.29) is 31.1 Å². The standard InChI is InChI=1S/C17H21N3O5/c1-4-13-16(22)19-17-18-12-5-6-14(25-8-7-24-10(2)21)15(23-3)11(12)9-20(13)17/h5-6,13H,4,7-9H2,1-3H3,(H,18,19,22). The van der Waals surface area contributed by atoms with Gasteiger partial charge in [0.1, 0.15) is 19.3 Å². The summed E-state index contributed by atoms with van der Waals surface area (Å²) in [5, 5.41) is 2.82. The molecular formula is C17H21N3O5. The number of hydrogen-bond donors (Lipinski definition) is 1. The minimum Gasteiger partial charge on any atom is -0.492 e. The van der Waals surface area contributed by atoms with Crippen LogP contribution in [0.2, 0.25) is 0 Å². The van der Waals surface area contributed by atoms with Crippen LogP contribution in [0.25, 0.3) is 0 Å². The Kier molecular flexibility index (Phi) is 4.78. The zero-order chi connectivity index (χ0) is 18.0. The van der Waals surface area contributed by atoms with Crippen LogP contribution in [0.15, 0.2) is 17.1 Å². The van der Waals surface area contributed by atoms with Crippen molar-refractivity contribution in [2.75, 3.05) is 20.3 Å². The smallest absolute Gasteiger partial charge is 0.302 e. The molecule has 2 heterocycles. The molecule has 0 radical (unpaired) electrons. The SMILES string of the molecule is CCC1C(=O)NC2=Nc3ccc(OCCOC(C)=O)c(OC)c3CN21. The van der Waals surface area contributed by atoms with Crippen molar-refractivity contribution < 1.29 is 23.8 Å². The quantitative estimate of drug-likeness (QED) is 0.617. The lowest BCUT2D eigenvalue weighted by Gasteiger charge is -2.28. The third kappa shape index (κ3) is 3.24. The van der Waals surface area contributed by atoms with Crippen molar-refractivity contribution in [3.05, 3.63) is 17.7 Å². The molecule has 2 aliphatic rings. The summed E-state index contributed by atoms with van der Waals surface area (Å²) in [7, 11) is 1.57. The van der Waals surface area contributed by atoms with Crippen LogP contribution in [0, 0.1) is 0 Å². The van der Waals surface area contributed by atoms with E-state index in [1.807, 2.05) is 17.9 Å². The summed E-state index contributed by atoms with van der Waals surface area (Å²) < 4.78 is 16.1. The van der Waals surface area contributed by atoms with Crippen LogP contribution in [0.1, 0.15) is 25.8 Å². The highest BCUT2D eigenvalue weighted by Gasteiger charge is 2.39. The highest BCUT2D eigenvalue weighted by atomic mass is 16.6. The fourth-order valence-electron chi connectivity index (χ4n) is 3.05. The van der Waals surface area contributed by atoms with Gasteiger partial charge in [-0.2, -0.15) is 0 Å². The first-order valence-electron chi connectivity index (χ1n) is 8.17. The van der Waals surface area contributed by atoms with Crippen molar-refractivity contribution in [2.45, 2.75) is 32.9 Å². The predicted molar refractivity (Wildman–Crippen MR) is 90.0 cm³/mol. The number of methoxy groups -OCH3 is 1. The third-order valence-electron chi connectivity index (χ3n) is 4.18. The van der Waals surface area contributed by atoms with Gasteiger partial charge in [0.15, 0.2) is 11.5 Å². The van der Waals surface area contributed by atoms with E-state index in [4.69, 9.17) is 14.2 Å². The molecule has 0 saturated carbocycles. The van der Waals surface area contributed by atoms with E-state index in [0.717, 1.165) is 11.3 Å². The monoisotopic (exact) mass is 347 g/mol. The van der Waals surface area contributed by atoms with Gasteiger partial charge < -0.3 is 19.1 Å². The van der Waals surface area contributed by atoms with E-state index in [1.165, 1.54) is 6.92 Å². The summed E-state index contributed by atoms with van der Waals surface area (Å²) in [5.41, 5.74) is 1.61. The van der Waals surface area contributed by atoms with Crippen LogP contribution in [0.4, 0.5) is 5.69 Å². The van der Waals surface area contributed by atoms with E-state index < -0.39 is 0 Å². The average Bonchev–Trinajstić information content (AvgIpc) is 2.90. The zero-order valence-corrected chi connectivity index (χ0v) is 14.5. The van der Waals surface area contributed by atoms with Crippen LogP contribution in [-0.4, -0.2) is 49.1 Å². The van der Waals surface area contributed by atoms with Gasteiger partial charge in [0.05, 0.1) is 19.3 Å². The summed E-state index contributed by atoms with van der Waals surface area (Å²) in [4.78, 5) is 29.3. The number of aliphatic imine (C=N–C) groups is 1. The Bertz CT molecular complexity index is 731. The van der Waals surface area contributed by atoms with Gasteiger partial charge in [0, 0.05) is 12.5 Å². The molecule has 25 heavy (non-hydrogen) atoms. The summed E-state index contributed by atoms with van der Waals surface area (Å²) in [6, 6.07) is 3.36. The topological polar surface area (TPSA) is 89.5 Å². The van der Waals surface area contributed by atoms with E-state index in [0.29, 0.717) is 30.4 Å². The van der Waals surface area contributed by atoms with Crippen LogP contribution >= 0.6 is 0 Å². The molecule has 3 rings (SSSR count). The van der Waals surface area contributed by atoms with Gasteiger partial charge in [0.25, 0.3) is 0 Å². The number of amides is 1. The van der Waals surface area contributed by atoms with Gasteiger partial charge in [-0.3, -0.25) is 14.9 Å². The molecular weight excluding hydrogens is 326 g/mol. The molecule has 2 aliphatic heterocycles. The first-order chi connectivity index (χ1) is 12.0. The first kappa shape index (κ1) is 17.1. The lowest BCUT2D eigenvalue weighted by atomic mass is 10.1. The summed E-state index contributed by atoms with van der Waals surface area (Å²) in [6.45, 7) is 4.22. The van der Waals surface area contributed by atoms with Crippen molar-refractivity contribution in [2.24, 2.45) is 4.99 Å². The molecule has 1 fully saturated rings. The van der Waals surface area contributed by atoms with Gasteiger partial charge >= 0.3 is 5.97 Å². The minimum absolute atomic E-state index is 0.0362. The highest BCUT2D eigenvalue weighted by molar-refractivity contribution is 6.07. The number of ether oxygens (including phenoxy) is 3. The number of carbonyl (C=O) groups excluding carboxylic acids is 2. The highest BCUT2D eigenvalue weighted by Crippen LogP contribution is 2.41. The fourth-order valence-corrected chi connectivity index (χ4v) is 3.05. The summed E-state index contributed by atoms with van der Waals surface area (Å²) in [6.07, 6.45) is 0.696. The molecule has 0 aliphatic carbocycles. The second-order valence-electron chi connectivity index (χ2n) is 5.76. The Morgan fingerprint density at radius 1 is 1.40 bits per heavy atom. The predicted octanol–water partition coefficient (Wildman–Crippen LogP) is 1.35. The number of esters is 1. The second-order valence-corrected chi connectivity index (χ2v) is 5.76. The van der Waals surface area contributed by atoms with E-state index in [9.17, 15) is 9.59 Å². The lowest BCUT2D eigenvalue weighted by Crippen LogP contribution is -2.36. The number of fused-ring (bicyclic) bond motifs is 2. The fraction of sp³-hybridized carbons (Fsp3) is 0.471. The van der Waals surface area contributed by atoms with E-state index >= 15 is 0 Å². The molecule has 1 aromatic carbocycles. The van der Waals surface area contributed by atoms with Crippen molar-refractivity contribution in [1.82, 2.24) is 10.2 Å². The number of nitrogens with one attached hydrogen (secondary N) is 1. The Morgan fingerprint density at radius 3 is 2.88 bits per heavy atom. The molecule has 1 unspecified atom stereocenters. The molecule has 0 aromatic heterocycles. The molecule has 1 amide bonds. The Hall–Kier alpha value is -2.77. The van der Waals surface area contributed by atoms with Gasteiger partial charge in [-0.05, 0) is 18.6 Å². The Labute approximate surface area is 145 Å². The van der Waals surface area contributed by atoms with Gasteiger partial charge in [0.2, 0.25) is 11.9 Å². The maximum Gasteiger partial charge on any atom is 0.302 e. The number of hydrogen-bond acceptors (Lipinski definition) is 7. The largest absolute Gasteiger partial charge is 0.492 e. The van der Waals surface area contributed by atoms with Crippen molar-refractivity contribution in [3.63, 3.8) is 0 Å². The van der Waals surface area contributed by atoms with Gasteiger partial charge in [-0.1, -0.05) is 6.92 Å². The van der Waals surface area contributed by atoms with Gasteiger partial charge in [-0.25, -0.2) is 4.99 Å². The number of carbonyl (C=O) groups is 2. The van der Waals surface area contributed by atoms with Gasteiger partial charge in [-0.15, -0.1) is 0 Å². The maximum absolute atomic E-state index is 12.0. The molecule has 0 bridgehead atoms. The third-order valence-corrected chi connectivity index (χ3v) is 4.18. The molecule has 8 heteroatoms. The first-order valence-corrected chi connectivity index (χ1v) is 8.17. The van der Waals surface area contributed by atoms with E-state index in [2.05, 4.69) is 10.3 Å². The molecule has 0 spiro atoms. The number of guanidine groups is 1. The molecule has 8 nitrogen and oxygen atoms in total. The minimum atomic E-state index is -0.348. The van der Waals surface area contributed by atoms with Crippen LogP contribution in [-0.2, 0) is 20.9 Å². The number of benzene rings is 1. The summed E-state index contributed by atoms with van der Waals surface area (Å²) >= 11 is 0. The number of rotatable bonds is 6. The Morgan fingerprint density at radius 2 is 2.20 bits per heavy atom. The molecule has 1 saturated heterocycles. The second kappa shape index (κ2) is 7.00. The normalized spacial score (nSPS) is 18.0. The van der Waals surface area contributed by atoms with Crippen LogP contribution < -0.4 is 14.8 Å². The van der Waals surface area contributed by atoms with Crippen molar-refractivity contribution in [1.29, 1.82) is 0 Å². The molecule has 1 atom stereocenters. The van der Waals surface area contributed by atoms with Crippen molar-refractivity contribution >= 4 is 23.5 Å². The molecule has 134 valence electrons. The maximum atomic E-state index is 12.0. The zero-order valence-electron chi connectivity index (χ0n) is 14.5. The van der Waals surface area contributed by atoms with Crippen molar-refractivity contribution in [3.8, 4) is 11.5 Å². The average molecular weight is 347 g/mol. The molecule has 1 N–H and O–H groups in total. The Balaban J connectivity index is 1.83. The van der Waals surface area contributed by atoms with E-state index in [1.54, 1.807) is 13.2 Å². The summed E-state index contributed by atoms with van der Waals surface area (Å²) in [5.74, 6) is 1.33. The molecule has 1 aromatic rings. The number of nitrogens with zero attached hydrogens (tertiary/aromatic N) is 2. The van der Waals surface area contributed by atoms with Crippen LogP contribution in [0.5, 0.6) is 11.5 Å².